The maximum atomic E-state index is 11.5. The molecule has 1 rings (SSSR count). The Hall–Kier alpha value is -1.23. The third-order valence-corrected chi connectivity index (χ3v) is 2.42. The average molecular weight is 198 g/mol. The molecule has 0 aliphatic carbocycles. The van der Waals surface area contributed by atoms with Gasteiger partial charge in [-0.25, -0.2) is 0 Å². The lowest BCUT2D eigenvalue weighted by Crippen LogP contribution is -2.61. The van der Waals surface area contributed by atoms with Gasteiger partial charge in [0.05, 0.1) is 0 Å². The quantitative estimate of drug-likeness (QED) is 0.357. The molecule has 0 aromatic carbocycles. The molecule has 0 unspecified atom stereocenters. The van der Waals surface area contributed by atoms with Gasteiger partial charge < -0.3 is 10.6 Å². The lowest BCUT2D eigenvalue weighted by atomic mass is 9.81. The van der Waals surface area contributed by atoms with Crippen molar-refractivity contribution >= 4 is 29.1 Å². The predicted octanol–water partition coefficient (Wildman–Crippen LogP) is 0.0997. The van der Waals surface area contributed by atoms with Crippen molar-refractivity contribution in [2.75, 3.05) is 0 Å². The van der Waals surface area contributed by atoms with E-state index in [1.165, 1.54) is 6.92 Å². The Balaban J connectivity index is 3.10. The minimum Gasteiger partial charge on any atom is -0.302 e. The van der Waals surface area contributed by atoms with Crippen LogP contribution in [0, 0.1) is 5.41 Å². The molecule has 0 spiro atoms. The molecule has 70 valence electrons. The Labute approximate surface area is 81.4 Å². The Morgan fingerprint density at radius 3 is 2.08 bits per heavy atom. The summed E-state index contributed by atoms with van der Waals surface area (Å²) in [7, 11) is 0. The van der Waals surface area contributed by atoms with Crippen molar-refractivity contribution in [3.8, 4) is 0 Å². The molecular formula is C8H10N2O2S. The lowest BCUT2D eigenvalue weighted by molar-refractivity contribution is -0.139. The molecule has 1 fully saturated rings. The molecule has 1 aliphatic rings. The molecule has 1 aliphatic heterocycles. The van der Waals surface area contributed by atoms with Crippen molar-refractivity contribution < 1.29 is 9.59 Å². The van der Waals surface area contributed by atoms with E-state index >= 15 is 0 Å². The number of amides is 2. The number of rotatable bonds is 1. The molecule has 5 heteroatoms. The topological polar surface area (TPSA) is 58.2 Å². The zero-order valence-electron chi connectivity index (χ0n) is 7.43. The average Bonchev–Trinajstić information content (AvgIpc) is 1.99. The van der Waals surface area contributed by atoms with Crippen LogP contribution in [0.2, 0.25) is 0 Å². The fourth-order valence-electron chi connectivity index (χ4n) is 0.978. The summed E-state index contributed by atoms with van der Waals surface area (Å²) in [5, 5.41) is 4.81. The van der Waals surface area contributed by atoms with Crippen molar-refractivity contribution in [2.24, 2.45) is 5.41 Å². The van der Waals surface area contributed by atoms with Crippen molar-refractivity contribution in [3.05, 3.63) is 12.2 Å². The summed E-state index contributed by atoms with van der Waals surface area (Å²) in [6.45, 7) is 6.76. The Morgan fingerprint density at radius 2 is 1.77 bits per heavy atom. The first-order valence-electron chi connectivity index (χ1n) is 3.72. The summed E-state index contributed by atoms with van der Waals surface area (Å²) < 4.78 is 0. The fraction of sp³-hybridized carbons (Fsp3) is 0.375. The second kappa shape index (κ2) is 2.92. The van der Waals surface area contributed by atoms with Crippen molar-refractivity contribution in [2.45, 2.75) is 13.8 Å². The molecule has 13 heavy (non-hydrogen) atoms. The number of nitrogens with one attached hydrogen (secondary N) is 2. The Bertz CT molecular complexity index is 302. The Morgan fingerprint density at radius 1 is 1.38 bits per heavy atom. The van der Waals surface area contributed by atoms with Crippen LogP contribution in [0.5, 0.6) is 0 Å². The molecule has 1 heterocycles. The molecule has 0 saturated carbocycles. The second-order valence-corrected chi connectivity index (χ2v) is 3.55. The van der Waals surface area contributed by atoms with E-state index in [1.807, 2.05) is 0 Å². The van der Waals surface area contributed by atoms with Gasteiger partial charge in [-0.1, -0.05) is 12.2 Å². The van der Waals surface area contributed by atoms with Crippen LogP contribution >= 0.6 is 12.2 Å². The molecule has 0 aromatic heterocycles. The normalized spacial score (nSPS) is 20.6. The molecule has 0 atom stereocenters. The first-order chi connectivity index (χ1) is 5.89. The van der Waals surface area contributed by atoms with Gasteiger partial charge in [0.25, 0.3) is 0 Å². The van der Waals surface area contributed by atoms with Gasteiger partial charge >= 0.3 is 0 Å². The summed E-state index contributed by atoms with van der Waals surface area (Å²) in [5.74, 6) is -0.845. The second-order valence-electron chi connectivity index (χ2n) is 3.14. The molecule has 0 aromatic rings. The minimum absolute atomic E-state index is 0.0497. The minimum atomic E-state index is -1.21. The summed E-state index contributed by atoms with van der Waals surface area (Å²) >= 11 is 4.66. The zero-order valence-corrected chi connectivity index (χ0v) is 8.25. The van der Waals surface area contributed by atoms with Gasteiger partial charge in [0.1, 0.15) is 5.41 Å². The number of thiocarbonyl (C=S) groups is 1. The maximum absolute atomic E-state index is 11.5. The number of hydrogen-bond donors (Lipinski definition) is 2. The van der Waals surface area contributed by atoms with Crippen LogP contribution in [0.25, 0.3) is 0 Å². The largest absolute Gasteiger partial charge is 0.302 e. The van der Waals surface area contributed by atoms with E-state index in [0.29, 0.717) is 5.57 Å². The SMILES string of the molecule is C=C(C)C1(C)C(=O)NC(=S)NC1=O. The standard InChI is InChI=1S/C8H10N2O2S/c1-4(2)8(3)5(11)9-7(13)10-6(8)12/h1H2,2-3H3,(H2,9,10,11,12,13). The monoisotopic (exact) mass is 198 g/mol. The van der Waals surface area contributed by atoms with Gasteiger partial charge in [0.2, 0.25) is 11.8 Å². The first kappa shape index (κ1) is 9.85. The molecule has 2 amide bonds. The highest BCUT2D eigenvalue weighted by Gasteiger charge is 2.45. The fourth-order valence-corrected chi connectivity index (χ4v) is 1.16. The van der Waals surface area contributed by atoms with Gasteiger partial charge in [-0.15, -0.1) is 0 Å². The summed E-state index contributed by atoms with van der Waals surface area (Å²) in [6.07, 6.45) is 0. The Kier molecular flexibility index (Phi) is 2.21. The van der Waals surface area contributed by atoms with Crippen molar-refractivity contribution in [3.63, 3.8) is 0 Å². The van der Waals surface area contributed by atoms with E-state index in [4.69, 9.17) is 0 Å². The van der Waals surface area contributed by atoms with Gasteiger partial charge in [-0.3, -0.25) is 9.59 Å². The molecule has 2 N–H and O–H groups in total. The van der Waals surface area contributed by atoms with E-state index in [9.17, 15) is 9.59 Å². The van der Waals surface area contributed by atoms with E-state index in [0.717, 1.165) is 0 Å². The van der Waals surface area contributed by atoms with Crippen molar-refractivity contribution in [1.82, 2.24) is 10.6 Å². The summed E-state index contributed by atoms with van der Waals surface area (Å²) in [6, 6.07) is 0. The highest BCUT2D eigenvalue weighted by atomic mass is 32.1. The third kappa shape index (κ3) is 1.35. The first-order valence-corrected chi connectivity index (χ1v) is 4.12. The summed E-state index contributed by atoms with van der Waals surface area (Å²) in [5.41, 5.74) is -0.715. The van der Waals surface area contributed by atoms with Gasteiger partial charge in [0.15, 0.2) is 5.11 Å². The smallest absolute Gasteiger partial charge is 0.245 e. The summed E-state index contributed by atoms with van der Waals surface area (Å²) in [4.78, 5) is 22.9. The third-order valence-electron chi connectivity index (χ3n) is 2.22. The highest BCUT2D eigenvalue weighted by molar-refractivity contribution is 7.80. The molecule has 4 nitrogen and oxygen atoms in total. The van der Waals surface area contributed by atoms with Crippen LogP contribution in [-0.4, -0.2) is 16.9 Å². The van der Waals surface area contributed by atoms with E-state index in [-0.39, 0.29) is 5.11 Å². The van der Waals surface area contributed by atoms with Gasteiger partial charge in [0, 0.05) is 0 Å². The van der Waals surface area contributed by atoms with E-state index in [1.54, 1.807) is 6.92 Å². The number of carbonyl (C=O) groups is 2. The van der Waals surface area contributed by atoms with Crippen molar-refractivity contribution in [1.29, 1.82) is 0 Å². The maximum Gasteiger partial charge on any atom is 0.245 e. The number of carbonyl (C=O) groups excluding carboxylic acids is 2. The zero-order chi connectivity index (χ0) is 10.2. The molecule has 1 saturated heterocycles. The van der Waals surface area contributed by atoms with Gasteiger partial charge in [-0.2, -0.15) is 0 Å². The van der Waals surface area contributed by atoms with Crippen LogP contribution in [0.15, 0.2) is 12.2 Å². The van der Waals surface area contributed by atoms with Gasteiger partial charge in [-0.05, 0) is 26.1 Å². The van der Waals surface area contributed by atoms with Crippen LogP contribution in [0.4, 0.5) is 0 Å². The van der Waals surface area contributed by atoms with Crippen LogP contribution in [0.1, 0.15) is 13.8 Å². The highest BCUT2D eigenvalue weighted by Crippen LogP contribution is 2.27. The number of hydrogen-bond acceptors (Lipinski definition) is 3. The van der Waals surface area contributed by atoms with E-state index in [2.05, 4.69) is 29.4 Å². The molecule has 0 bridgehead atoms. The lowest BCUT2D eigenvalue weighted by Gasteiger charge is -2.31. The molecular weight excluding hydrogens is 188 g/mol. The van der Waals surface area contributed by atoms with Crippen LogP contribution < -0.4 is 10.6 Å². The van der Waals surface area contributed by atoms with E-state index < -0.39 is 17.2 Å². The van der Waals surface area contributed by atoms with Crippen LogP contribution in [-0.2, 0) is 9.59 Å². The predicted molar refractivity (Wildman–Crippen MR) is 51.8 cm³/mol. The van der Waals surface area contributed by atoms with Crippen LogP contribution in [0.3, 0.4) is 0 Å². The molecule has 0 radical (unpaired) electrons.